The van der Waals surface area contributed by atoms with E-state index in [4.69, 9.17) is 0 Å². The third-order valence-corrected chi connectivity index (χ3v) is 4.40. The van der Waals surface area contributed by atoms with Gasteiger partial charge in [0, 0.05) is 5.56 Å². The first-order valence-corrected chi connectivity index (χ1v) is 9.23. The second-order valence-corrected chi connectivity index (χ2v) is 6.91. The van der Waals surface area contributed by atoms with Gasteiger partial charge in [0.2, 0.25) is 0 Å². The summed E-state index contributed by atoms with van der Waals surface area (Å²) in [4.78, 5) is 12.9. The van der Waals surface area contributed by atoms with Crippen molar-refractivity contribution >= 4 is 5.91 Å². The molecule has 0 radical (unpaired) electrons. The fraction of sp³-hybridized carbons (Fsp3) is 0.650. The molecular weight excluding hydrogens is 284 g/mol. The first-order chi connectivity index (χ1) is 11.0. The van der Waals surface area contributed by atoms with Crippen molar-refractivity contribution in [3.05, 3.63) is 35.9 Å². The molecule has 3 nitrogen and oxygen atoms in total. The highest BCUT2D eigenvalue weighted by Crippen LogP contribution is 2.15. The molecule has 0 aliphatic rings. The second kappa shape index (κ2) is 10.4. The highest BCUT2D eigenvalue weighted by Gasteiger charge is 2.30. The summed E-state index contributed by atoms with van der Waals surface area (Å²) < 4.78 is 0.638. The molecule has 23 heavy (non-hydrogen) atoms. The SMILES string of the molecule is CCCCCCCCN(C(=O)c1ccccc1)[N+](C)(C)CCC. The van der Waals surface area contributed by atoms with Gasteiger partial charge in [-0.25, -0.2) is 4.59 Å². The van der Waals surface area contributed by atoms with Gasteiger partial charge in [-0.2, -0.15) is 5.01 Å². The van der Waals surface area contributed by atoms with Crippen LogP contribution in [0.1, 0.15) is 69.2 Å². The molecule has 0 spiro atoms. The predicted octanol–water partition coefficient (Wildman–Crippen LogP) is 4.89. The van der Waals surface area contributed by atoms with E-state index in [0.717, 1.165) is 31.5 Å². The van der Waals surface area contributed by atoms with E-state index in [1.54, 1.807) is 0 Å². The van der Waals surface area contributed by atoms with Crippen molar-refractivity contribution in [1.29, 1.82) is 0 Å². The molecule has 3 heteroatoms. The van der Waals surface area contributed by atoms with Crippen molar-refractivity contribution in [1.82, 2.24) is 5.01 Å². The standard InChI is InChI=1S/C20H35N2O/c1-5-7-8-9-10-14-17-21(22(3,4)18-6-2)20(23)19-15-12-11-13-16-19/h11-13,15-16H,5-10,14,17-18H2,1-4H3/q+1. The molecule has 0 aliphatic carbocycles. The molecule has 0 bridgehead atoms. The van der Waals surface area contributed by atoms with Crippen molar-refractivity contribution in [3.8, 4) is 0 Å². The lowest BCUT2D eigenvalue weighted by molar-refractivity contribution is -0.990. The summed E-state index contributed by atoms with van der Waals surface area (Å²) in [5, 5.41) is 2.04. The van der Waals surface area contributed by atoms with Crippen molar-refractivity contribution in [2.75, 3.05) is 27.2 Å². The van der Waals surface area contributed by atoms with Crippen LogP contribution in [-0.2, 0) is 0 Å². The predicted molar refractivity (Wildman–Crippen MR) is 98.1 cm³/mol. The highest BCUT2D eigenvalue weighted by molar-refractivity contribution is 5.93. The summed E-state index contributed by atoms with van der Waals surface area (Å²) >= 11 is 0. The maximum atomic E-state index is 12.9. The van der Waals surface area contributed by atoms with E-state index in [2.05, 4.69) is 27.9 Å². The molecule has 1 rings (SSSR count). The van der Waals surface area contributed by atoms with Crippen molar-refractivity contribution in [2.24, 2.45) is 0 Å². The third-order valence-electron chi connectivity index (χ3n) is 4.40. The summed E-state index contributed by atoms with van der Waals surface area (Å²) in [5.41, 5.74) is 0.792. The van der Waals surface area contributed by atoms with Gasteiger partial charge < -0.3 is 0 Å². The second-order valence-electron chi connectivity index (χ2n) is 6.91. The molecule has 1 aromatic rings. The zero-order chi connectivity index (χ0) is 17.1. The van der Waals surface area contributed by atoms with E-state index in [1.165, 1.54) is 32.1 Å². The topological polar surface area (TPSA) is 20.3 Å². The summed E-state index contributed by atoms with van der Waals surface area (Å²) in [6.07, 6.45) is 8.57. The van der Waals surface area contributed by atoms with E-state index < -0.39 is 0 Å². The zero-order valence-corrected chi connectivity index (χ0v) is 15.6. The maximum absolute atomic E-state index is 12.9. The number of unbranched alkanes of at least 4 members (excludes halogenated alkanes) is 5. The van der Waals surface area contributed by atoms with Crippen LogP contribution in [0.2, 0.25) is 0 Å². The van der Waals surface area contributed by atoms with Crippen LogP contribution in [0.5, 0.6) is 0 Å². The lowest BCUT2D eigenvalue weighted by Crippen LogP contribution is -2.58. The van der Waals surface area contributed by atoms with Crippen molar-refractivity contribution < 1.29 is 9.39 Å². The Kier molecular flexibility index (Phi) is 8.93. The largest absolute Gasteiger partial charge is 0.298 e. The number of carbonyl (C=O) groups excluding carboxylic acids is 1. The fourth-order valence-electron chi connectivity index (χ4n) is 3.06. The first-order valence-electron chi connectivity index (χ1n) is 9.23. The molecule has 0 fully saturated rings. The van der Waals surface area contributed by atoms with Gasteiger partial charge in [0.1, 0.15) is 6.54 Å². The first kappa shape index (κ1) is 19.7. The number of rotatable bonds is 11. The molecule has 1 aromatic carbocycles. The Morgan fingerprint density at radius 2 is 1.52 bits per heavy atom. The summed E-state index contributed by atoms with van der Waals surface area (Å²) in [7, 11) is 4.28. The smallest absolute Gasteiger partial charge is 0.264 e. The lowest BCUT2D eigenvalue weighted by atomic mass is 10.1. The van der Waals surface area contributed by atoms with Crippen LogP contribution in [0.3, 0.4) is 0 Å². The normalized spacial score (nSPS) is 11.5. The average Bonchev–Trinajstić information content (AvgIpc) is 2.54. The molecular formula is C20H35N2O+. The van der Waals surface area contributed by atoms with Gasteiger partial charge in [0.15, 0.2) is 0 Å². The number of hydrogen-bond donors (Lipinski definition) is 0. The van der Waals surface area contributed by atoms with Crippen LogP contribution in [0.4, 0.5) is 0 Å². The number of hydrogen-bond acceptors (Lipinski definition) is 1. The molecule has 0 unspecified atom stereocenters. The van der Waals surface area contributed by atoms with E-state index >= 15 is 0 Å². The van der Waals surface area contributed by atoms with Gasteiger partial charge in [-0.1, -0.05) is 64.2 Å². The van der Waals surface area contributed by atoms with Crippen LogP contribution in [0, 0.1) is 0 Å². The molecule has 130 valence electrons. The maximum Gasteiger partial charge on any atom is 0.298 e. The molecule has 0 saturated carbocycles. The highest BCUT2D eigenvalue weighted by atomic mass is 16.2. The Hall–Kier alpha value is -1.35. The minimum Gasteiger partial charge on any atom is -0.264 e. The van der Waals surface area contributed by atoms with Gasteiger partial charge in [0.25, 0.3) is 5.91 Å². The zero-order valence-electron chi connectivity index (χ0n) is 15.6. The quantitative estimate of drug-likeness (QED) is 0.323. The summed E-state index contributed by atoms with van der Waals surface area (Å²) in [5.74, 6) is 0.151. The molecule has 0 aromatic heterocycles. The van der Waals surface area contributed by atoms with Crippen molar-refractivity contribution in [3.63, 3.8) is 0 Å². The Balaban J connectivity index is 2.68. The van der Waals surface area contributed by atoms with Crippen LogP contribution in [0.25, 0.3) is 0 Å². The average molecular weight is 320 g/mol. The van der Waals surface area contributed by atoms with E-state index in [9.17, 15) is 4.79 Å². The lowest BCUT2D eigenvalue weighted by Gasteiger charge is -2.39. The van der Waals surface area contributed by atoms with E-state index in [1.807, 2.05) is 35.3 Å². The molecule has 0 heterocycles. The Morgan fingerprint density at radius 1 is 0.913 bits per heavy atom. The van der Waals surface area contributed by atoms with Gasteiger partial charge in [-0.3, -0.25) is 4.79 Å². The van der Waals surface area contributed by atoms with Gasteiger partial charge in [-0.15, -0.1) is 0 Å². The number of benzene rings is 1. The molecule has 0 N–H and O–H groups in total. The van der Waals surface area contributed by atoms with Crippen LogP contribution >= 0.6 is 0 Å². The number of carbonyl (C=O) groups is 1. The molecule has 0 aliphatic heterocycles. The molecule has 0 atom stereocenters. The third kappa shape index (κ3) is 6.74. The minimum atomic E-state index is 0.151. The Bertz CT molecular complexity index is 442. The van der Waals surface area contributed by atoms with Gasteiger partial charge >= 0.3 is 0 Å². The summed E-state index contributed by atoms with van der Waals surface area (Å²) in [6, 6.07) is 9.68. The Labute approximate surface area is 142 Å². The van der Waals surface area contributed by atoms with Crippen LogP contribution in [-0.4, -0.2) is 42.7 Å². The van der Waals surface area contributed by atoms with Gasteiger partial charge in [0.05, 0.1) is 20.6 Å². The molecule has 0 saturated heterocycles. The summed E-state index contributed by atoms with van der Waals surface area (Å²) in [6.45, 7) is 6.24. The minimum absolute atomic E-state index is 0.151. The molecule has 1 amide bonds. The number of quaternary nitrogens is 1. The van der Waals surface area contributed by atoms with Gasteiger partial charge in [-0.05, 0) is 25.0 Å². The van der Waals surface area contributed by atoms with Crippen molar-refractivity contribution in [2.45, 2.75) is 58.8 Å². The van der Waals surface area contributed by atoms with E-state index in [0.29, 0.717) is 4.59 Å². The van der Waals surface area contributed by atoms with Crippen LogP contribution < -0.4 is 0 Å². The Morgan fingerprint density at radius 3 is 2.13 bits per heavy atom. The number of amides is 1. The fourth-order valence-corrected chi connectivity index (χ4v) is 3.06. The monoisotopic (exact) mass is 319 g/mol. The van der Waals surface area contributed by atoms with Crippen LogP contribution in [0.15, 0.2) is 30.3 Å². The number of nitrogens with zero attached hydrogens (tertiary/aromatic N) is 2. The van der Waals surface area contributed by atoms with E-state index in [-0.39, 0.29) is 5.91 Å².